The smallest absolute Gasteiger partial charge is 0.329 e. The molecule has 0 unspecified atom stereocenters. The molecule has 6 nitrogen and oxygen atoms in total. The maximum atomic E-state index is 12.8. The van der Waals surface area contributed by atoms with Crippen LogP contribution in [-0.4, -0.2) is 31.8 Å². The van der Waals surface area contributed by atoms with Crippen molar-refractivity contribution in [2.75, 3.05) is 13.1 Å². The lowest BCUT2D eigenvalue weighted by Gasteiger charge is -2.22. The van der Waals surface area contributed by atoms with Gasteiger partial charge in [0.1, 0.15) is 0 Å². The lowest BCUT2D eigenvalue weighted by atomic mass is 10.1. The highest BCUT2D eigenvalue weighted by atomic mass is 32.2. The summed E-state index contributed by atoms with van der Waals surface area (Å²) in [6, 6.07) is 18.3. The Labute approximate surface area is 168 Å². The minimum atomic E-state index is -3.97. The van der Waals surface area contributed by atoms with Crippen molar-refractivity contribution in [2.24, 2.45) is 5.92 Å². The van der Waals surface area contributed by atoms with E-state index in [-0.39, 0.29) is 13.1 Å². The van der Waals surface area contributed by atoms with E-state index >= 15 is 0 Å². The number of hydrogen-bond donors (Lipinski definition) is 2. The first-order valence-corrected chi connectivity index (χ1v) is 10.9. The van der Waals surface area contributed by atoms with Crippen LogP contribution >= 0.6 is 0 Å². The van der Waals surface area contributed by atoms with Gasteiger partial charge in [-0.1, -0.05) is 74.5 Å². The topological polar surface area (TPSA) is 78.5 Å². The maximum Gasteiger partial charge on any atom is 0.329 e. The molecule has 0 saturated heterocycles. The normalized spacial score (nSPS) is 11.6. The van der Waals surface area contributed by atoms with Gasteiger partial charge in [-0.15, -0.1) is 0 Å². The summed E-state index contributed by atoms with van der Waals surface area (Å²) in [6.45, 7) is 4.99. The zero-order chi connectivity index (χ0) is 20.4. The summed E-state index contributed by atoms with van der Waals surface area (Å²) in [5.74, 6) is 0.428. The molecule has 0 bridgehead atoms. The van der Waals surface area contributed by atoms with Crippen LogP contribution in [0.25, 0.3) is 0 Å². The van der Waals surface area contributed by atoms with Crippen LogP contribution in [0.5, 0.6) is 0 Å². The van der Waals surface area contributed by atoms with Crippen molar-refractivity contribution >= 4 is 16.2 Å². The third kappa shape index (κ3) is 7.70. The van der Waals surface area contributed by atoms with Gasteiger partial charge in [0.2, 0.25) is 0 Å². The highest BCUT2D eigenvalue weighted by molar-refractivity contribution is 7.87. The standard InChI is InChI=1S/C21H29N3O3S/c1-18(2)13-15-22-21(25)23-28(26,27)24(17-20-11-7-4-8-12-20)16-14-19-9-5-3-6-10-19/h3-12,18H,13-17H2,1-2H3,(H2,22,23,25). The minimum Gasteiger partial charge on any atom is -0.337 e. The molecule has 2 aromatic rings. The molecule has 0 aliphatic rings. The van der Waals surface area contributed by atoms with Crippen molar-refractivity contribution in [3.05, 3.63) is 71.8 Å². The Hall–Kier alpha value is -2.38. The molecular formula is C21H29N3O3S. The first kappa shape index (κ1) is 21.9. The predicted octanol–water partition coefficient (Wildman–Crippen LogP) is 3.32. The second kappa shape index (κ2) is 10.8. The summed E-state index contributed by atoms with van der Waals surface area (Å²) in [4.78, 5) is 12.0. The van der Waals surface area contributed by atoms with Gasteiger partial charge in [0.05, 0.1) is 0 Å². The summed E-state index contributed by atoms with van der Waals surface area (Å²) >= 11 is 0. The van der Waals surface area contributed by atoms with E-state index in [0.717, 1.165) is 17.5 Å². The highest BCUT2D eigenvalue weighted by Gasteiger charge is 2.24. The van der Waals surface area contributed by atoms with Gasteiger partial charge in [0, 0.05) is 19.6 Å². The van der Waals surface area contributed by atoms with E-state index in [2.05, 4.69) is 10.0 Å². The molecule has 0 atom stereocenters. The van der Waals surface area contributed by atoms with E-state index < -0.39 is 16.2 Å². The van der Waals surface area contributed by atoms with Gasteiger partial charge in [-0.05, 0) is 29.9 Å². The molecular weight excluding hydrogens is 374 g/mol. The van der Waals surface area contributed by atoms with E-state index in [1.807, 2.05) is 74.5 Å². The Kier molecular flexibility index (Phi) is 8.47. The number of benzene rings is 2. The van der Waals surface area contributed by atoms with Crippen LogP contribution in [0.15, 0.2) is 60.7 Å². The molecule has 7 heteroatoms. The molecule has 28 heavy (non-hydrogen) atoms. The molecule has 0 aromatic heterocycles. The zero-order valence-corrected chi connectivity index (χ0v) is 17.3. The average molecular weight is 404 g/mol. The van der Waals surface area contributed by atoms with E-state index in [1.54, 1.807) is 0 Å². The number of urea groups is 1. The van der Waals surface area contributed by atoms with Gasteiger partial charge < -0.3 is 5.32 Å². The SMILES string of the molecule is CC(C)CCNC(=O)NS(=O)(=O)N(CCc1ccccc1)Cc1ccccc1. The van der Waals surface area contributed by atoms with Crippen LogP contribution in [0.2, 0.25) is 0 Å². The van der Waals surface area contributed by atoms with Gasteiger partial charge >= 0.3 is 16.2 Å². The summed E-state index contributed by atoms with van der Waals surface area (Å²) in [5, 5.41) is 2.61. The van der Waals surface area contributed by atoms with E-state index in [1.165, 1.54) is 4.31 Å². The molecule has 2 aromatic carbocycles. The van der Waals surface area contributed by atoms with Gasteiger partial charge in [-0.3, -0.25) is 0 Å². The van der Waals surface area contributed by atoms with Gasteiger partial charge in [0.25, 0.3) is 0 Å². The Morgan fingerprint density at radius 2 is 1.54 bits per heavy atom. The third-order valence-corrected chi connectivity index (χ3v) is 5.70. The summed E-state index contributed by atoms with van der Waals surface area (Å²) in [6.07, 6.45) is 1.35. The molecule has 0 heterocycles. The number of nitrogens with one attached hydrogen (secondary N) is 2. The monoisotopic (exact) mass is 403 g/mol. The molecule has 0 aliphatic carbocycles. The number of hydrogen-bond acceptors (Lipinski definition) is 3. The Bertz CT molecular complexity index is 824. The molecule has 2 rings (SSSR count). The molecule has 2 amide bonds. The fourth-order valence-electron chi connectivity index (χ4n) is 2.66. The largest absolute Gasteiger partial charge is 0.337 e. The minimum absolute atomic E-state index is 0.197. The van der Waals surface area contributed by atoms with Crippen LogP contribution in [0.3, 0.4) is 0 Å². The summed E-state index contributed by atoms with van der Waals surface area (Å²) < 4.78 is 29.1. The first-order chi connectivity index (χ1) is 13.4. The molecule has 0 fully saturated rings. The fourth-order valence-corrected chi connectivity index (χ4v) is 3.75. The van der Waals surface area contributed by atoms with E-state index in [0.29, 0.717) is 18.9 Å². The fraction of sp³-hybridized carbons (Fsp3) is 0.381. The number of rotatable bonds is 10. The first-order valence-electron chi connectivity index (χ1n) is 9.50. The lowest BCUT2D eigenvalue weighted by molar-refractivity contribution is 0.244. The molecule has 152 valence electrons. The van der Waals surface area contributed by atoms with Gasteiger partial charge in [-0.2, -0.15) is 12.7 Å². The Morgan fingerprint density at radius 3 is 2.11 bits per heavy atom. The molecule has 0 radical (unpaired) electrons. The van der Waals surface area contributed by atoms with Crippen molar-refractivity contribution < 1.29 is 13.2 Å². The quantitative estimate of drug-likeness (QED) is 0.639. The molecule has 2 N–H and O–H groups in total. The van der Waals surface area contributed by atoms with Crippen LogP contribution in [-0.2, 0) is 23.2 Å². The van der Waals surface area contributed by atoms with Crippen molar-refractivity contribution in [3.8, 4) is 0 Å². The Morgan fingerprint density at radius 1 is 0.964 bits per heavy atom. The van der Waals surface area contributed by atoms with Crippen molar-refractivity contribution in [1.29, 1.82) is 0 Å². The second-order valence-electron chi connectivity index (χ2n) is 7.10. The van der Waals surface area contributed by atoms with Crippen molar-refractivity contribution in [2.45, 2.75) is 33.2 Å². The maximum absolute atomic E-state index is 12.8. The van der Waals surface area contributed by atoms with Crippen molar-refractivity contribution in [3.63, 3.8) is 0 Å². The number of carbonyl (C=O) groups excluding carboxylic acids is 1. The lowest BCUT2D eigenvalue weighted by Crippen LogP contribution is -2.47. The molecule has 0 saturated carbocycles. The molecule has 0 aliphatic heterocycles. The van der Waals surface area contributed by atoms with E-state index in [4.69, 9.17) is 0 Å². The highest BCUT2D eigenvalue weighted by Crippen LogP contribution is 2.11. The van der Waals surface area contributed by atoms with E-state index in [9.17, 15) is 13.2 Å². The van der Waals surface area contributed by atoms with Crippen LogP contribution in [0.1, 0.15) is 31.4 Å². The average Bonchev–Trinajstić information content (AvgIpc) is 2.66. The van der Waals surface area contributed by atoms with Crippen molar-refractivity contribution in [1.82, 2.24) is 14.3 Å². The van der Waals surface area contributed by atoms with Gasteiger partial charge in [-0.25, -0.2) is 9.52 Å². The number of carbonyl (C=O) groups is 1. The third-order valence-electron chi connectivity index (χ3n) is 4.26. The Balaban J connectivity index is 2.06. The van der Waals surface area contributed by atoms with Crippen LogP contribution in [0, 0.1) is 5.92 Å². The predicted molar refractivity (Wildman–Crippen MR) is 112 cm³/mol. The van der Waals surface area contributed by atoms with Crippen LogP contribution in [0.4, 0.5) is 4.79 Å². The molecule has 0 spiro atoms. The number of nitrogens with zero attached hydrogens (tertiary/aromatic N) is 1. The van der Waals surface area contributed by atoms with Crippen LogP contribution < -0.4 is 10.0 Å². The summed E-state index contributed by atoms with van der Waals surface area (Å²) in [7, 11) is -3.97. The zero-order valence-electron chi connectivity index (χ0n) is 16.5. The number of amides is 2. The summed E-state index contributed by atoms with van der Waals surface area (Å²) in [5.41, 5.74) is 1.90. The van der Waals surface area contributed by atoms with Gasteiger partial charge in [0.15, 0.2) is 0 Å². The second-order valence-corrected chi connectivity index (χ2v) is 8.77.